The van der Waals surface area contributed by atoms with E-state index < -0.39 is 5.97 Å². The first kappa shape index (κ1) is 16.3. The molecular weight excluding hydrogens is 262 g/mol. The lowest BCUT2D eigenvalue weighted by Gasteiger charge is -2.22. The van der Waals surface area contributed by atoms with Crippen LogP contribution in [0, 0.1) is 11.8 Å². The van der Waals surface area contributed by atoms with Crippen LogP contribution in [0.4, 0.5) is 4.79 Å². The highest BCUT2D eigenvalue weighted by molar-refractivity contribution is 5.83. The Balaban J connectivity index is 2.44. The molecule has 1 fully saturated rings. The van der Waals surface area contributed by atoms with Crippen LogP contribution in [0.1, 0.15) is 26.2 Å². The molecule has 2 unspecified atom stereocenters. The molecule has 0 aromatic carbocycles. The van der Waals surface area contributed by atoms with Gasteiger partial charge in [0.2, 0.25) is 5.91 Å². The second-order valence-corrected chi connectivity index (χ2v) is 5.01. The van der Waals surface area contributed by atoms with Gasteiger partial charge in [-0.15, -0.1) is 0 Å². The van der Waals surface area contributed by atoms with Crippen molar-refractivity contribution in [2.24, 2.45) is 11.8 Å². The van der Waals surface area contributed by atoms with Crippen LogP contribution in [0.2, 0.25) is 0 Å². The average molecular weight is 285 g/mol. The molecule has 20 heavy (non-hydrogen) atoms. The van der Waals surface area contributed by atoms with E-state index in [-0.39, 0.29) is 30.3 Å². The molecule has 0 spiro atoms. The van der Waals surface area contributed by atoms with Gasteiger partial charge in [0, 0.05) is 20.1 Å². The fourth-order valence-corrected chi connectivity index (χ4v) is 2.52. The third-order valence-corrected chi connectivity index (χ3v) is 3.77. The van der Waals surface area contributed by atoms with Crippen molar-refractivity contribution in [1.82, 2.24) is 15.5 Å². The zero-order valence-corrected chi connectivity index (χ0v) is 12.0. The number of likely N-dealkylation sites (N-methyl/N-ethyl adjacent to an activating group) is 2. The van der Waals surface area contributed by atoms with Gasteiger partial charge in [0.1, 0.15) is 6.54 Å². The Kier molecular flexibility index (Phi) is 6.27. The van der Waals surface area contributed by atoms with Gasteiger partial charge < -0.3 is 20.6 Å². The third kappa shape index (κ3) is 4.40. The van der Waals surface area contributed by atoms with E-state index in [1.54, 1.807) is 6.92 Å². The highest BCUT2D eigenvalue weighted by Gasteiger charge is 2.33. The number of hydrogen-bond acceptors (Lipinski definition) is 3. The summed E-state index contributed by atoms with van der Waals surface area (Å²) in [5, 5.41) is 14.3. The Bertz CT molecular complexity index is 373. The topological polar surface area (TPSA) is 98.7 Å². The van der Waals surface area contributed by atoms with Gasteiger partial charge in [-0.25, -0.2) is 4.79 Å². The minimum Gasteiger partial charge on any atom is -0.481 e. The maximum absolute atomic E-state index is 11.9. The molecule has 1 rings (SSSR count). The molecule has 7 nitrogen and oxygen atoms in total. The van der Waals surface area contributed by atoms with Gasteiger partial charge in [0.15, 0.2) is 0 Å². The number of carbonyl (C=O) groups excluding carboxylic acids is 2. The number of carbonyl (C=O) groups is 3. The lowest BCUT2D eigenvalue weighted by atomic mass is 9.96. The molecule has 0 radical (unpaired) electrons. The summed E-state index contributed by atoms with van der Waals surface area (Å²) in [6.45, 7) is 2.57. The van der Waals surface area contributed by atoms with Crippen molar-refractivity contribution < 1.29 is 19.5 Å². The number of nitrogens with zero attached hydrogens (tertiary/aromatic N) is 1. The first-order valence-corrected chi connectivity index (χ1v) is 6.95. The van der Waals surface area contributed by atoms with Crippen molar-refractivity contribution in [3.05, 3.63) is 0 Å². The number of nitrogens with one attached hydrogen (secondary N) is 2. The Labute approximate surface area is 118 Å². The maximum atomic E-state index is 11.9. The normalized spacial score (nSPS) is 21.3. The molecule has 0 saturated heterocycles. The van der Waals surface area contributed by atoms with E-state index in [0.29, 0.717) is 19.5 Å². The zero-order chi connectivity index (χ0) is 15.1. The lowest BCUT2D eigenvalue weighted by Crippen LogP contribution is -2.46. The highest BCUT2D eigenvalue weighted by atomic mass is 16.4. The summed E-state index contributed by atoms with van der Waals surface area (Å²) in [7, 11) is 1.52. The minimum atomic E-state index is -0.792. The summed E-state index contributed by atoms with van der Waals surface area (Å²) in [4.78, 5) is 35.7. The Hall–Kier alpha value is -1.79. The lowest BCUT2D eigenvalue weighted by molar-refractivity contribution is -0.142. The number of amides is 3. The fourth-order valence-electron chi connectivity index (χ4n) is 2.52. The van der Waals surface area contributed by atoms with Crippen molar-refractivity contribution in [2.45, 2.75) is 26.2 Å². The predicted octanol–water partition coefficient (Wildman–Crippen LogP) is 0.265. The molecule has 1 aliphatic carbocycles. The van der Waals surface area contributed by atoms with Crippen molar-refractivity contribution in [3.63, 3.8) is 0 Å². The zero-order valence-electron chi connectivity index (χ0n) is 12.0. The molecule has 0 aromatic heterocycles. The molecular formula is C13H23N3O4. The summed E-state index contributed by atoms with van der Waals surface area (Å²) in [6.07, 6.45) is 2.37. The van der Waals surface area contributed by atoms with E-state index in [4.69, 9.17) is 5.11 Å². The molecule has 2 atom stereocenters. The first-order chi connectivity index (χ1) is 9.49. The smallest absolute Gasteiger partial charge is 0.317 e. The van der Waals surface area contributed by atoms with Crippen LogP contribution >= 0.6 is 0 Å². The van der Waals surface area contributed by atoms with Gasteiger partial charge >= 0.3 is 12.0 Å². The van der Waals surface area contributed by atoms with E-state index >= 15 is 0 Å². The molecule has 3 N–H and O–H groups in total. The van der Waals surface area contributed by atoms with Gasteiger partial charge in [0.05, 0.1) is 5.92 Å². The molecule has 114 valence electrons. The molecule has 0 aromatic rings. The minimum absolute atomic E-state index is 0.00581. The Morgan fingerprint density at radius 1 is 1.30 bits per heavy atom. The summed E-state index contributed by atoms with van der Waals surface area (Å²) >= 11 is 0. The number of hydrogen-bond donors (Lipinski definition) is 3. The second-order valence-electron chi connectivity index (χ2n) is 5.01. The molecule has 3 amide bonds. The molecule has 1 saturated carbocycles. The van der Waals surface area contributed by atoms with Crippen LogP contribution in [0.25, 0.3) is 0 Å². The predicted molar refractivity (Wildman–Crippen MR) is 73.2 cm³/mol. The Morgan fingerprint density at radius 3 is 2.55 bits per heavy atom. The molecule has 0 aliphatic heterocycles. The van der Waals surface area contributed by atoms with Crippen LogP contribution in [-0.4, -0.2) is 54.6 Å². The third-order valence-electron chi connectivity index (χ3n) is 3.77. The summed E-state index contributed by atoms with van der Waals surface area (Å²) in [6, 6.07) is -0.327. The number of carboxylic acid groups (broad SMARTS) is 1. The Morgan fingerprint density at radius 2 is 2.00 bits per heavy atom. The van der Waals surface area contributed by atoms with Gasteiger partial charge in [-0.3, -0.25) is 9.59 Å². The van der Waals surface area contributed by atoms with E-state index in [1.165, 1.54) is 11.9 Å². The van der Waals surface area contributed by atoms with E-state index in [9.17, 15) is 14.4 Å². The SMILES string of the molecule is CCN(CC(=O)NC)C(=O)NCC1CCCC1C(=O)O. The summed E-state index contributed by atoms with van der Waals surface area (Å²) in [5.41, 5.74) is 0. The van der Waals surface area contributed by atoms with Crippen LogP contribution in [0.15, 0.2) is 0 Å². The summed E-state index contributed by atoms with van der Waals surface area (Å²) < 4.78 is 0. The standard InChI is InChI=1S/C13H23N3O4/c1-3-16(8-11(17)14-2)13(20)15-7-9-5-4-6-10(9)12(18)19/h9-10H,3-8H2,1-2H3,(H,14,17)(H,15,20)(H,18,19). The molecule has 0 heterocycles. The van der Waals surface area contributed by atoms with Gasteiger partial charge in [-0.2, -0.15) is 0 Å². The first-order valence-electron chi connectivity index (χ1n) is 6.95. The van der Waals surface area contributed by atoms with Crippen LogP contribution in [-0.2, 0) is 9.59 Å². The number of aliphatic carboxylic acids is 1. The van der Waals surface area contributed by atoms with Crippen molar-refractivity contribution in [2.75, 3.05) is 26.7 Å². The van der Waals surface area contributed by atoms with Crippen LogP contribution in [0.3, 0.4) is 0 Å². The van der Waals surface area contributed by atoms with E-state index in [2.05, 4.69) is 10.6 Å². The second kappa shape index (κ2) is 7.72. The molecule has 7 heteroatoms. The van der Waals surface area contributed by atoms with Crippen LogP contribution in [0.5, 0.6) is 0 Å². The van der Waals surface area contributed by atoms with Gasteiger partial charge in [-0.05, 0) is 25.7 Å². The largest absolute Gasteiger partial charge is 0.481 e. The summed E-state index contributed by atoms with van der Waals surface area (Å²) in [5.74, 6) is -1.41. The van der Waals surface area contributed by atoms with E-state index in [1.807, 2.05) is 0 Å². The van der Waals surface area contributed by atoms with Crippen molar-refractivity contribution >= 4 is 17.9 Å². The number of urea groups is 1. The van der Waals surface area contributed by atoms with Crippen LogP contribution < -0.4 is 10.6 Å². The van der Waals surface area contributed by atoms with Gasteiger partial charge in [-0.1, -0.05) is 6.42 Å². The number of rotatable bonds is 6. The monoisotopic (exact) mass is 285 g/mol. The maximum Gasteiger partial charge on any atom is 0.317 e. The van der Waals surface area contributed by atoms with Gasteiger partial charge in [0.25, 0.3) is 0 Å². The number of carboxylic acids is 1. The average Bonchev–Trinajstić information content (AvgIpc) is 2.90. The van der Waals surface area contributed by atoms with E-state index in [0.717, 1.165) is 12.8 Å². The van der Waals surface area contributed by atoms with Crippen molar-refractivity contribution in [3.8, 4) is 0 Å². The fraction of sp³-hybridized carbons (Fsp3) is 0.769. The van der Waals surface area contributed by atoms with Crippen molar-refractivity contribution in [1.29, 1.82) is 0 Å². The molecule has 1 aliphatic rings. The highest BCUT2D eigenvalue weighted by Crippen LogP contribution is 2.31. The molecule has 0 bridgehead atoms. The quantitative estimate of drug-likeness (QED) is 0.652.